The van der Waals surface area contributed by atoms with Crippen molar-refractivity contribution in [2.45, 2.75) is 25.7 Å². The molecular weight excluding hydrogens is 158 g/mol. The maximum Gasteiger partial charge on any atom is -0.0106 e. The third-order valence-electron chi connectivity index (χ3n) is 1.50. The van der Waals surface area contributed by atoms with Crippen molar-refractivity contribution in [1.82, 2.24) is 0 Å². The van der Waals surface area contributed by atoms with Gasteiger partial charge in [-0.25, -0.2) is 0 Å². The summed E-state index contributed by atoms with van der Waals surface area (Å²) in [5.41, 5.74) is 0. The summed E-state index contributed by atoms with van der Waals surface area (Å²) in [5, 5.41) is 0. The first kappa shape index (κ1) is 8.44. The molecule has 2 aliphatic rings. The molecule has 10 heavy (non-hydrogen) atoms. The molecule has 0 aromatic heterocycles. The Morgan fingerprint density at radius 1 is 0.800 bits per heavy atom. The number of rotatable bonds is 0. The first-order chi connectivity index (χ1) is 5.00. The van der Waals surface area contributed by atoms with Crippen LogP contribution < -0.4 is 0 Å². The second-order valence-corrected chi connectivity index (χ2v) is 4.82. The molecule has 0 radical (unpaired) electrons. The van der Waals surface area contributed by atoms with E-state index in [2.05, 4.69) is 11.6 Å². The fraction of sp³-hybridized carbons (Fsp3) is 0.750. The average Bonchev–Trinajstić information content (AvgIpc) is 2.67. The third-order valence-corrected chi connectivity index (χ3v) is 3.68. The van der Waals surface area contributed by atoms with E-state index in [1.54, 1.807) is 16.4 Å². The largest absolute Gasteiger partial charge is 0.109 e. The average molecular weight is 172 g/mol. The normalized spacial score (nSPS) is 24.0. The molecule has 2 heterocycles. The van der Waals surface area contributed by atoms with Gasteiger partial charge in [-0.1, -0.05) is 11.6 Å². The molecule has 0 atom stereocenters. The van der Waals surface area contributed by atoms with Gasteiger partial charge >= 0.3 is 0 Å². The van der Waals surface area contributed by atoms with E-state index in [1.165, 1.54) is 38.0 Å². The summed E-state index contributed by atoms with van der Waals surface area (Å²) in [4.78, 5) is 0. The first-order valence-electron chi connectivity index (χ1n) is 3.97. The van der Waals surface area contributed by atoms with Gasteiger partial charge in [0.2, 0.25) is 0 Å². The molecule has 0 aliphatic carbocycles. The summed E-state index contributed by atoms with van der Waals surface area (Å²) >= 11 is 0. The maximum absolute atomic E-state index is 2.33. The Labute approximate surface area is 66.6 Å². The summed E-state index contributed by atoms with van der Waals surface area (Å²) in [7, 11) is 3.13. The van der Waals surface area contributed by atoms with E-state index in [0.717, 1.165) is 0 Å². The van der Waals surface area contributed by atoms with Gasteiger partial charge in [-0.05, 0) is 38.0 Å². The molecule has 2 aliphatic heterocycles. The summed E-state index contributed by atoms with van der Waals surface area (Å²) in [6.45, 7) is 0. The van der Waals surface area contributed by atoms with Gasteiger partial charge in [0.05, 0.1) is 0 Å². The first-order valence-corrected chi connectivity index (χ1v) is 6.26. The second-order valence-electron chi connectivity index (χ2n) is 2.46. The van der Waals surface area contributed by atoms with Crippen molar-refractivity contribution in [2.24, 2.45) is 0 Å². The highest BCUT2D eigenvalue weighted by atomic mass is 31.1. The molecule has 0 bridgehead atoms. The Morgan fingerprint density at radius 3 is 1.40 bits per heavy atom. The van der Waals surface area contributed by atoms with E-state index < -0.39 is 0 Å². The van der Waals surface area contributed by atoms with Gasteiger partial charge in [0.1, 0.15) is 0 Å². The van der Waals surface area contributed by atoms with Crippen LogP contribution in [0.15, 0.2) is 0 Å². The molecule has 0 aromatic carbocycles. The lowest BCUT2D eigenvalue weighted by atomic mass is 10.4. The molecule has 0 saturated carbocycles. The van der Waals surface area contributed by atoms with Crippen LogP contribution in [0, 0.1) is 0 Å². The SMILES string of the molecule is C1=PCCC1.C1=PCCC1. The van der Waals surface area contributed by atoms with Gasteiger partial charge in [0.25, 0.3) is 0 Å². The zero-order valence-corrected chi connectivity index (χ0v) is 8.08. The predicted octanol–water partition coefficient (Wildman–Crippen LogP) is 3.06. The monoisotopic (exact) mass is 172 g/mol. The van der Waals surface area contributed by atoms with E-state index in [0.29, 0.717) is 0 Å². The molecule has 0 amide bonds. The highest BCUT2D eigenvalue weighted by Crippen LogP contribution is 2.08. The lowest BCUT2D eigenvalue weighted by Crippen LogP contribution is -1.60. The van der Waals surface area contributed by atoms with E-state index in [9.17, 15) is 0 Å². The highest BCUT2D eigenvalue weighted by molar-refractivity contribution is 7.39. The molecule has 0 fully saturated rings. The molecule has 2 heteroatoms. The van der Waals surface area contributed by atoms with Crippen molar-refractivity contribution >= 4 is 28.0 Å². The molecule has 0 unspecified atom stereocenters. The molecule has 0 nitrogen and oxygen atoms in total. The van der Waals surface area contributed by atoms with E-state index in [-0.39, 0.29) is 0 Å². The second kappa shape index (κ2) is 6.08. The van der Waals surface area contributed by atoms with Crippen molar-refractivity contribution in [3.63, 3.8) is 0 Å². The molecule has 0 spiro atoms. The quantitative estimate of drug-likeness (QED) is 0.492. The van der Waals surface area contributed by atoms with Crippen LogP contribution in [-0.2, 0) is 0 Å². The van der Waals surface area contributed by atoms with Crippen molar-refractivity contribution in [3.8, 4) is 0 Å². The van der Waals surface area contributed by atoms with E-state index in [1.807, 2.05) is 0 Å². The summed E-state index contributed by atoms with van der Waals surface area (Å²) in [6.07, 6.45) is 8.42. The minimum Gasteiger partial charge on any atom is -0.109 e. The molecule has 56 valence electrons. The molecule has 0 N–H and O–H groups in total. The van der Waals surface area contributed by atoms with Crippen LogP contribution in [0.25, 0.3) is 0 Å². The number of hydrogen-bond donors (Lipinski definition) is 0. The Hall–Kier alpha value is 0.340. The van der Waals surface area contributed by atoms with Crippen molar-refractivity contribution < 1.29 is 0 Å². The minimum absolute atomic E-state index is 1.36. The third kappa shape index (κ3) is 4.20. The van der Waals surface area contributed by atoms with Crippen LogP contribution in [0.3, 0.4) is 0 Å². The summed E-state index contributed by atoms with van der Waals surface area (Å²) < 4.78 is 0. The Morgan fingerprint density at radius 2 is 1.30 bits per heavy atom. The Kier molecular flexibility index (Phi) is 5.13. The summed E-state index contributed by atoms with van der Waals surface area (Å²) in [6, 6.07) is 0. The fourth-order valence-electron chi connectivity index (χ4n) is 0.913. The minimum atomic E-state index is 1.36. The van der Waals surface area contributed by atoms with Crippen molar-refractivity contribution in [3.05, 3.63) is 0 Å². The van der Waals surface area contributed by atoms with Crippen LogP contribution in [0.5, 0.6) is 0 Å². The smallest absolute Gasteiger partial charge is 0.0106 e. The van der Waals surface area contributed by atoms with Crippen LogP contribution in [0.1, 0.15) is 25.7 Å². The lowest BCUT2D eigenvalue weighted by molar-refractivity contribution is 1.05. The van der Waals surface area contributed by atoms with Gasteiger partial charge in [-0.3, -0.25) is 0 Å². The molecular formula is C8H14P2. The highest BCUT2D eigenvalue weighted by Gasteiger charge is 1.86. The van der Waals surface area contributed by atoms with Gasteiger partial charge in [0.15, 0.2) is 0 Å². The molecule has 2 rings (SSSR count). The lowest BCUT2D eigenvalue weighted by Gasteiger charge is -1.68. The van der Waals surface area contributed by atoms with Gasteiger partial charge < -0.3 is 0 Å². The summed E-state index contributed by atoms with van der Waals surface area (Å²) in [5.74, 6) is 4.67. The topological polar surface area (TPSA) is 0 Å². The molecule has 0 saturated heterocycles. The maximum atomic E-state index is 2.33. The van der Waals surface area contributed by atoms with E-state index in [4.69, 9.17) is 0 Å². The van der Waals surface area contributed by atoms with Gasteiger partial charge in [0, 0.05) is 0 Å². The Balaban J connectivity index is 0.0000001000. The van der Waals surface area contributed by atoms with Crippen LogP contribution >= 0.6 is 16.4 Å². The zero-order valence-electron chi connectivity index (χ0n) is 6.29. The predicted molar refractivity (Wildman–Crippen MR) is 54.2 cm³/mol. The van der Waals surface area contributed by atoms with Crippen LogP contribution in [0.2, 0.25) is 0 Å². The Bertz CT molecular complexity index is 99.2. The fourth-order valence-corrected chi connectivity index (χ4v) is 2.74. The van der Waals surface area contributed by atoms with Crippen LogP contribution in [-0.4, -0.2) is 23.9 Å². The van der Waals surface area contributed by atoms with Crippen molar-refractivity contribution in [2.75, 3.05) is 12.3 Å². The van der Waals surface area contributed by atoms with E-state index >= 15 is 0 Å². The zero-order chi connectivity index (χ0) is 7.07. The van der Waals surface area contributed by atoms with Crippen LogP contribution in [0.4, 0.5) is 0 Å². The number of hydrogen-bond acceptors (Lipinski definition) is 0. The molecule has 0 aromatic rings. The standard InChI is InChI=1S/2C4H7P/c2*1-2-4-5-3-1/h2*3H,1-2,4H2. The van der Waals surface area contributed by atoms with Crippen molar-refractivity contribution in [1.29, 1.82) is 0 Å². The van der Waals surface area contributed by atoms with Gasteiger partial charge in [-0.2, -0.15) is 0 Å². The van der Waals surface area contributed by atoms with Gasteiger partial charge in [-0.15, -0.1) is 16.4 Å².